The van der Waals surface area contributed by atoms with Crippen molar-refractivity contribution < 1.29 is 4.39 Å². The number of hydrogen-bond donors (Lipinski definition) is 1. The van der Waals surface area contributed by atoms with Crippen molar-refractivity contribution in [2.24, 2.45) is 5.73 Å². The highest BCUT2D eigenvalue weighted by atomic mass is 19.1. The number of nitrogens with two attached hydrogens (primary N) is 1. The highest BCUT2D eigenvalue weighted by molar-refractivity contribution is 5.39. The number of aromatic nitrogens is 1. The Bertz CT molecular complexity index is 523. The molecule has 18 heavy (non-hydrogen) atoms. The van der Waals surface area contributed by atoms with Crippen molar-refractivity contribution in [3.05, 3.63) is 59.5 Å². The lowest BCUT2D eigenvalue weighted by Gasteiger charge is -2.15. The van der Waals surface area contributed by atoms with Crippen molar-refractivity contribution in [3.63, 3.8) is 0 Å². The molecular weight excluding hydrogens is 229 g/mol. The number of nitrogens with zero attached hydrogens (tertiary/aromatic N) is 2. The van der Waals surface area contributed by atoms with E-state index < -0.39 is 0 Å². The quantitative estimate of drug-likeness (QED) is 0.902. The molecule has 1 heterocycles. The third kappa shape index (κ3) is 2.65. The maximum absolute atomic E-state index is 13.1. The number of rotatable bonds is 3. The van der Waals surface area contributed by atoms with Gasteiger partial charge >= 0.3 is 0 Å². The van der Waals surface area contributed by atoms with Gasteiger partial charge in [0.25, 0.3) is 0 Å². The molecule has 0 radical (unpaired) electrons. The van der Waals surface area contributed by atoms with E-state index in [-0.39, 0.29) is 11.9 Å². The van der Waals surface area contributed by atoms with E-state index in [0.717, 1.165) is 16.9 Å². The van der Waals surface area contributed by atoms with Crippen LogP contribution in [0.1, 0.15) is 17.2 Å². The normalized spacial score (nSPS) is 12.2. The summed E-state index contributed by atoms with van der Waals surface area (Å²) in [6, 6.07) is 9.78. The fourth-order valence-electron chi connectivity index (χ4n) is 1.74. The van der Waals surface area contributed by atoms with E-state index in [2.05, 4.69) is 4.98 Å². The van der Waals surface area contributed by atoms with E-state index in [1.807, 2.05) is 37.2 Å². The van der Waals surface area contributed by atoms with Crippen molar-refractivity contribution in [1.29, 1.82) is 0 Å². The largest absolute Gasteiger partial charge is 0.363 e. The van der Waals surface area contributed by atoms with E-state index in [9.17, 15) is 4.39 Å². The van der Waals surface area contributed by atoms with Gasteiger partial charge in [0, 0.05) is 20.3 Å². The van der Waals surface area contributed by atoms with Crippen LogP contribution < -0.4 is 10.6 Å². The molecule has 0 fully saturated rings. The van der Waals surface area contributed by atoms with E-state index in [0.29, 0.717) is 0 Å². The number of hydrogen-bond acceptors (Lipinski definition) is 3. The molecule has 0 spiro atoms. The first kappa shape index (κ1) is 12.5. The van der Waals surface area contributed by atoms with E-state index in [1.165, 1.54) is 12.1 Å². The van der Waals surface area contributed by atoms with Gasteiger partial charge in [-0.2, -0.15) is 0 Å². The van der Waals surface area contributed by atoms with Gasteiger partial charge < -0.3 is 10.6 Å². The highest BCUT2D eigenvalue weighted by Crippen LogP contribution is 2.20. The molecular formula is C14H16FN3. The fraction of sp³-hybridized carbons (Fsp3) is 0.214. The Balaban J connectivity index is 2.26. The van der Waals surface area contributed by atoms with Crippen molar-refractivity contribution in [3.8, 4) is 0 Å². The number of halogens is 1. The average molecular weight is 245 g/mol. The zero-order chi connectivity index (χ0) is 13.1. The van der Waals surface area contributed by atoms with Gasteiger partial charge in [-0.3, -0.25) is 0 Å². The Labute approximate surface area is 106 Å². The van der Waals surface area contributed by atoms with Crippen LogP contribution in [-0.4, -0.2) is 19.1 Å². The summed E-state index contributed by atoms with van der Waals surface area (Å²) < 4.78 is 13.1. The minimum absolute atomic E-state index is 0.277. The minimum atomic E-state index is -0.357. The standard InChI is InChI=1S/C14H16FN3/c1-18(2)13-7-6-11(9-17-13)14(16)10-4-3-5-12(15)8-10/h3-9,14H,16H2,1-2H3. The fourth-order valence-corrected chi connectivity index (χ4v) is 1.74. The molecule has 2 aromatic rings. The monoisotopic (exact) mass is 245 g/mol. The topological polar surface area (TPSA) is 42.1 Å². The number of anilines is 1. The summed E-state index contributed by atoms with van der Waals surface area (Å²) in [6.45, 7) is 0. The molecule has 0 saturated heterocycles. The minimum Gasteiger partial charge on any atom is -0.363 e. The molecule has 1 aromatic heterocycles. The first-order valence-electron chi connectivity index (χ1n) is 5.72. The molecule has 0 aliphatic carbocycles. The SMILES string of the molecule is CN(C)c1ccc(C(N)c2cccc(F)c2)cn1. The predicted molar refractivity (Wildman–Crippen MR) is 71.0 cm³/mol. The molecule has 2 rings (SSSR count). The molecule has 0 bridgehead atoms. The lowest BCUT2D eigenvalue weighted by molar-refractivity contribution is 0.623. The van der Waals surface area contributed by atoms with Crippen LogP contribution in [0, 0.1) is 5.82 Å². The summed E-state index contributed by atoms with van der Waals surface area (Å²) >= 11 is 0. The van der Waals surface area contributed by atoms with Crippen LogP contribution in [0.3, 0.4) is 0 Å². The Morgan fingerprint density at radius 3 is 2.50 bits per heavy atom. The molecule has 4 heteroatoms. The first-order chi connectivity index (χ1) is 8.58. The molecule has 1 aromatic carbocycles. The molecule has 1 unspecified atom stereocenters. The molecule has 3 nitrogen and oxygen atoms in total. The van der Waals surface area contributed by atoms with Crippen molar-refractivity contribution in [2.75, 3.05) is 19.0 Å². The third-order valence-corrected chi connectivity index (χ3v) is 2.80. The van der Waals surface area contributed by atoms with Gasteiger partial charge in [0.1, 0.15) is 11.6 Å². The molecule has 0 saturated carbocycles. The number of benzene rings is 1. The molecule has 0 aliphatic heterocycles. The van der Waals surface area contributed by atoms with Gasteiger partial charge in [-0.05, 0) is 29.3 Å². The maximum atomic E-state index is 13.1. The molecule has 94 valence electrons. The molecule has 0 aliphatic rings. The molecule has 1 atom stereocenters. The Morgan fingerprint density at radius 1 is 1.17 bits per heavy atom. The summed E-state index contributed by atoms with van der Waals surface area (Å²) in [7, 11) is 3.85. The van der Waals surface area contributed by atoms with Crippen LogP contribution in [0.5, 0.6) is 0 Å². The summed E-state index contributed by atoms with van der Waals surface area (Å²) in [5.74, 6) is 0.589. The van der Waals surface area contributed by atoms with Crippen LogP contribution in [0.2, 0.25) is 0 Å². The second-order valence-corrected chi connectivity index (χ2v) is 4.38. The Hall–Kier alpha value is -1.94. The third-order valence-electron chi connectivity index (χ3n) is 2.80. The van der Waals surface area contributed by atoms with E-state index in [4.69, 9.17) is 5.73 Å². The van der Waals surface area contributed by atoms with Crippen LogP contribution in [0.4, 0.5) is 10.2 Å². The van der Waals surface area contributed by atoms with Crippen molar-refractivity contribution in [2.45, 2.75) is 6.04 Å². The van der Waals surface area contributed by atoms with Gasteiger partial charge in [0.15, 0.2) is 0 Å². The highest BCUT2D eigenvalue weighted by Gasteiger charge is 2.10. The molecule has 0 amide bonds. The van der Waals surface area contributed by atoms with E-state index in [1.54, 1.807) is 12.3 Å². The van der Waals surface area contributed by atoms with Crippen LogP contribution in [-0.2, 0) is 0 Å². The second kappa shape index (κ2) is 5.14. The smallest absolute Gasteiger partial charge is 0.127 e. The summed E-state index contributed by atoms with van der Waals surface area (Å²) in [4.78, 5) is 6.21. The Kier molecular flexibility index (Phi) is 3.58. The lowest BCUT2D eigenvalue weighted by atomic mass is 10.0. The maximum Gasteiger partial charge on any atom is 0.127 e. The van der Waals surface area contributed by atoms with Crippen LogP contribution >= 0.6 is 0 Å². The Morgan fingerprint density at radius 2 is 1.94 bits per heavy atom. The van der Waals surface area contributed by atoms with Crippen molar-refractivity contribution in [1.82, 2.24) is 4.98 Å². The van der Waals surface area contributed by atoms with Crippen LogP contribution in [0.15, 0.2) is 42.6 Å². The zero-order valence-electron chi connectivity index (χ0n) is 10.5. The number of pyridine rings is 1. The summed E-state index contributed by atoms with van der Waals surface area (Å²) in [5, 5.41) is 0. The van der Waals surface area contributed by atoms with Crippen molar-refractivity contribution >= 4 is 5.82 Å². The van der Waals surface area contributed by atoms with Gasteiger partial charge in [0.2, 0.25) is 0 Å². The van der Waals surface area contributed by atoms with Gasteiger partial charge in [-0.15, -0.1) is 0 Å². The average Bonchev–Trinajstić information content (AvgIpc) is 2.38. The predicted octanol–water partition coefficient (Wildman–Crippen LogP) is 2.33. The summed E-state index contributed by atoms with van der Waals surface area (Å²) in [5.41, 5.74) is 7.70. The zero-order valence-corrected chi connectivity index (χ0v) is 10.5. The van der Waals surface area contributed by atoms with Gasteiger partial charge in [-0.1, -0.05) is 18.2 Å². The van der Waals surface area contributed by atoms with Crippen LogP contribution in [0.25, 0.3) is 0 Å². The molecule has 2 N–H and O–H groups in total. The summed E-state index contributed by atoms with van der Waals surface area (Å²) in [6.07, 6.45) is 1.73. The second-order valence-electron chi connectivity index (χ2n) is 4.38. The lowest BCUT2D eigenvalue weighted by Crippen LogP contribution is -2.14. The first-order valence-corrected chi connectivity index (χ1v) is 5.72. The van der Waals surface area contributed by atoms with Gasteiger partial charge in [-0.25, -0.2) is 9.37 Å². The van der Waals surface area contributed by atoms with E-state index >= 15 is 0 Å². The van der Waals surface area contributed by atoms with Gasteiger partial charge in [0.05, 0.1) is 6.04 Å².